The highest BCUT2D eigenvalue weighted by atomic mass is 15.3. The maximum Gasteiger partial charge on any atom is 0.225 e. The summed E-state index contributed by atoms with van der Waals surface area (Å²) < 4.78 is 0. The Bertz CT molecular complexity index is 1680. The molecule has 1 fully saturated rings. The molecule has 40 heavy (non-hydrogen) atoms. The topological polar surface area (TPSA) is 123 Å². The van der Waals surface area contributed by atoms with Crippen LogP contribution in [0.5, 0.6) is 0 Å². The molecule has 0 aliphatic carbocycles. The zero-order valence-electron chi connectivity index (χ0n) is 22.8. The van der Waals surface area contributed by atoms with Crippen LogP contribution in [0.15, 0.2) is 66.6 Å². The lowest BCUT2D eigenvalue weighted by atomic mass is 9.86. The van der Waals surface area contributed by atoms with Crippen LogP contribution < -0.4 is 15.5 Å². The average Bonchev–Trinajstić information content (AvgIpc) is 2.97. The van der Waals surface area contributed by atoms with Crippen LogP contribution in [0.3, 0.4) is 0 Å². The highest BCUT2D eigenvalue weighted by molar-refractivity contribution is 6.14. The van der Waals surface area contributed by atoms with Gasteiger partial charge in [-0.3, -0.25) is 9.88 Å². The Morgan fingerprint density at radius 1 is 0.950 bits per heavy atom. The van der Waals surface area contributed by atoms with E-state index in [1.165, 1.54) is 0 Å². The molecule has 2 aliphatic heterocycles. The van der Waals surface area contributed by atoms with E-state index in [1.54, 1.807) is 6.20 Å². The lowest BCUT2D eigenvalue weighted by Gasteiger charge is -2.32. The highest BCUT2D eigenvalue weighted by Gasteiger charge is 2.28. The molecule has 10 heteroatoms. The van der Waals surface area contributed by atoms with Gasteiger partial charge in [0.15, 0.2) is 0 Å². The minimum Gasteiger partial charge on any atom is -0.369 e. The molecule has 0 spiro atoms. The lowest BCUT2D eigenvalue weighted by molar-refractivity contribution is 0.311. The van der Waals surface area contributed by atoms with E-state index >= 15 is 0 Å². The van der Waals surface area contributed by atoms with E-state index < -0.39 is 5.41 Å². The number of likely N-dealkylation sites (N-methyl/N-ethyl adjacent to an activating group) is 1. The molecule has 3 aromatic heterocycles. The van der Waals surface area contributed by atoms with E-state index in [4.69, 9.17) is 10.7 Å². The fourth-order valence-electron chi connectivity index (χ4n) is 4.99. The molecule has 1 saturated heterocycles. The summed E-state index contributed by atoms with van der Waals surface area (Å²) in [6, 6.07) is 14.0. The van der Waals surface area contributed by atoms with Gasteiger partial charge in [0.05, 0.1) is 34.1 Å². The first-order valence-corrected chi connectivity index (χ1v) is 13.2. The van der Waals surface area contributed by atoms with Gasteiger partial charge in [0.25, 0.3) is 0 Å². The molecule has 200 valence electrons. The predicted molar refractivity (Wildman–Crippen MR) is 158 cm³/mol. The van der Waals surface area contributed by atoms with E-state index in [2.05, 4.69) is 49.4 Å². The summed E-state index contributed by atoms with van der Waals surface area (Å²) in [7, 11) is 2.13. The van der Waals surface area contributed by atoms with E-state index in [0.29, 0.717) is 16.7 Å². The van der Waals surface area contributed by atoms with Gasteiger partial charge in [-0.05, 0) is 50.7 Å². The number of rotatable bonds is 4. The largest absolute Gasteiger partial charge is 0.369 e. The van der Waals surface area contributed by atoms with Crippen molar-refractivity contribution in [3.05, 3.63) is 72.7 Å². The van der Waals surface area contributed by atoms with Crippen LogP contribution in [0.2, 0.25) is 0 Å². The first kappa shape index (κ1) is 25.4. The first-order valence-electron chi connectivity index (χ1n) is 13.2. The predicted octanol–water partition coefficient (Wildman–Crippen LogP) is 4.08. The smallest absolute Gasteiger partial charge is 0.225 e. The summed E-state index contributed by atoms with van der Waals surface area (Å²) in [4.78, 5) is 29.8. The van der Waals surface area contributed by atoms with Gasteiger partial charge in [-0.25, -0.2) is 19.9 Å². The Balaban J connectivity index is 1.41. The molecule has 0 unspecified atom stereocenters. The zero-order chi connectivity index (χ0) is 28.0. The number of aromatic nitrogens is 4. The second-order valence-corrected chi connectivity index (χ2v) is 10.7. The molecule has 2 N–H and O–H groups in total. The van der Waals surface area contributed by atoms with E-state index in [9.17, 15) is 5.26 Å². The molecule has 4 aromatic rings. The summed E-state index contributed by atoms with van der Waals surface area (Å²) >= 11 is 0. The maximum absolute atomic E-state index is 9.56. The Kier molecular flexibility index (Phi) is 6.16. The number of nitriles is 1. The second kappa shape index (κ2) is 9.70. The number of nitrogens with zero attached hydrogens (tertiary/aromatic N) is 9. The molecule has 1 aromatic carbocycles. The Hall–Kier alpha value is -4.88. The van der Waals surface area contributed by atoms with Gasteiger partial charge in [-0.15, -0.1) is 0 Å². The van der Waals surface area contributed by atoms with Crippen LogP contribution >= 0.6 is 0 Å². The summed E-state index contributed by atoms with van der Waals surface area (Å²) in [6.07, 6.45) is 5.39. The summed E-state index contributed by atoms with van der Waals surface area (Å²) in [5.41, 5.74) is 12.5. The fourth-order valence-corrected chi connectivity index (χ4v) is 4.99. The number of hydrogen-bond acceptors (Lipinski definition) is 10. The summed E-state index contributed by atoms with van der Waals surface area (Å²) in [5.74, 6) is 1.01. The molecule has 0 atom stereocenters. The molecule has 10 nitrogen and oxygen atoms in total. The van der Waals surface area contributed by atoms with Gasteiger partial charge in [0, 0.05) is 61.6 Å². The normalized spacial score (nSPS) is 16.1. The monoisotopic (exact) mass is 530 g/mol. The number of piperazine rings is 1. The SMILES string of the molecule is C=C1N=C(N)N(c2ccc(C(C)(C)C#N)cc2)c2c1cnc1ccc(-c3cnc(N4CCN(C)CC4)nc3)nc21. The Morgan fingerprint density at radius 3 is 2.33 bits per heavy atom. The lowest BCUT2D eigenvalue weighted by Crippen LogP contribution is -2.45. The number of aliphatic imine (C=N–C) groups is 1. The summed E-state index contributed by atoms with van der Waals surface area (Å²) in [5, 5.41) is 9.56. The third-order valence-corrected chi connectivity index (χ3v) is 7.55. The van der Waals surface area contributed by atoms with Gasteiger partial charge in [-0.2, -0.15) is 5.26 Å². The quantitative estimate of drug-likeness (QED) is 0.416. The van der Waals surface area contributed by atoms with Gasteiger partial charge in [0.1, 0.15) is 5.52 Å². The van der Waals surface area contributed by atoms with Crippen molar-refractivity contribution in [2.75, 3.05) is 43.0 Å². The van der Waals surface area contributed by atoms with Crippen molar-refractivity contribution in [3.63, 3.8) is 0 Å². The van der Waals surface area contributed by atoms with Crippen LogP contribution in [0, 0.1) is 11.3 Å². The van der Waals surface area contributed by atoms with E-state index in [0.717, 1.165) is 65.9 Å². The van der Waals surface area contributed by atoms with Crippen molar-refractivity contribution in [3.8, 4) is 17.3 Å². The van der Waals surface area contributed by atoms with Crippen molar-refractivity contribution in [1.82, 2.24) is 24.8 Å². The van der Waals surface area contributed by atoms with Crippen molar-refractivity contribution in [1.29, 1.82) is 5.26 Å². The number of guanidine groups is 1. The van der Waals surface area contributed by atoms with Crippen LogP contribution in [-0.2, 0) is 5.41 Å². The minimum absolute atomic E-state index is 0.282. The van der Waals surface area contributed by atoms with Crippen LogP contribution in [0.25, 0.3) is 28.0 Å². The Labute approximate surface area is 233 Å². The third-order valence-electron chi connectivity index (χ3n) is 7.55. The molecular formula is C30H30N10. The number of hydrogen-bond donors (Lipinski definition) is 1. The van der Waals surface area contributed by atoms with Crippen molar-refractivity contribution < 1.29 is 0 Å². The van der Waals surface area contributed by atoms with Gasteiger partial charge >= 0.3 is 0 Å². The number of pyridine rings is 2. The van der Waals surface area contributed by atoms with Gasteiger partial charge in [-0.1, -0.05) is 18.7 Å². The molecule has 2 aliphatic rings. The second-order valence-electron chi connectivity index (χ2n) is 10.7. The van der Waals surface area contributed by atoms with Crippen molar-refractivity contribution >= 4 is 40.0 Å². The average molecular weight is 531 g/mol. The molecule has 0 bridgehead atoms. The van der Waals surface area contributed by atoms with Gasteiger partial charge < -0.3 is 15.5 Å². The van der Waals surface area contributed by atoms with E-state index in [-0.39, 0.29) is 5.96 Å². The zero-order valence-corrected chi connectivity index (χ0v) is 22.8. The van der Waals surface area contributed by atoms with E-state index in [1.807, 2.05) is 67.5 Å². The van der Waals surface area contributed by atoms with Crippen LogP contribution in [-0.4, -0.2) is 64.0 Å². The molecule has 0 radical (unpaired) electrons. The fraction of sp³-hybridized carbons (Fsp3) is 0.267. The van der Waals surface area contributed by atoms with Crippen molar-refractivity contribution in [2.24, 2.45) is 10.7 Å². The molecular weight excluding hydrogens is 500 g/mol. The number of nitrogens with two attached hydrogens (primary N) is 1. The van der Waals surface area contributed by atoms with Gasteiger partial charge in [0.2, 0.25) is 11.9 Å². The summed E-state index contributed by atoms with van der Waals surface area (Å²) in [6.45, 7) is 11.7. The van der Waals surface area contributed by atoms with Crippen molar-refractivity contribution in [2.45, 2.75) is 19.3 Å². The van der Waals surface area contributed by atoms with Crippen LogP contribution in [0.4, 0.5) is 17.3 Å². The molecule has 5 heterocycles. The molecule has 0 saturated carbocycles. The standard InChI is InChI=1S/C30H30N10/c1-19-23-17-33-25-10-9-24(20-15-34-29(35-16-20)39-13-11-38(4)12-14-39)37-26(25)27(23)40(28(32)36-19)22-7-5-21(6-8-22)30(2,3)18-31/h5-10,15-17H,1,11-14H2,2-4H3,(H2,32,36). The maximum atomic E-state index is 9.56. The third kappa shape index (κ3) is 4.40. The minimum atomic E-state index is -0.610. The Morgan fingerprint density at radius 2 is 1.65 bits per heavy atom. The van der Waals surface area contributed by atoms with Crippen LogP contribution in [0.1, 0.15) is 25.0 Å². The number of anilines is 3. The molecule has 6 rings (SSSR count). The first-order chi connectivity index (χ1) is 19.2. The molecule has 0 amide bonds. The highest BCUT2D eigenvalue weighted by Crippen LogP contribution is 2.41. The number of fused-ring (bicyclic) bond motifs is 3. The number of benzene rings is 1.